The molecule has 0 fully saturated rings. The third-order valence-electron chi connectivity index (χ3n) is 3.41. The Morgan fingerprint density at radius 1 is 1.20 bits per heavy atom. The summed E-state index contributed by atoms with van der Waals surface area (Å²) in [5.41, 5.74) is 9.60. The maximum Gasteiger partial charge on any atom is 0.265 e. The first-order chi connectivity index (χ1) is 9.67. The van der Waals surface area contributed by atoms with Crippen molar-refractivity contribution in [1.29, 1.82) is 0 Å². The maximum atomic E-state index is 11.5. The van der Waals surface area contributed by atoms with Crippen molar-refractivity contribution in [2.45, 2.75) is 19.6 Å². The van der Waals surface area contributed by atoms with Crippen LogP contribution in [0.5, 0.6) is 5.75 Å². The van der Waals surface area contributed by atoms with Crippen LogP contribution in [-0.4, -0.2) is 12.0 Å². The van der Waals surface area contributed by atoms with Crippen molar-refractivity contribution in [1.82, 2.24) is 0 Å². The lowest BCUT2D eigenvalue weighted by molar-refractivity contribution is -0.122. The van der Waals surface area contributed by atoms with E-state index in [4.69, 9.17) is 10.5 Å². The first kappa shape index (κ1) is 12.7. The fourth-order valence-corrected chi connectivity index (χ4v) is 2.26. The monoisotopic (exact) mass is 268 g/mol. The molecule has 4 nitrogen and oxygen atoms in total. The van der Waals surface area contributed by atoms with E-state index in [1.807, 2.05) is 36.4 Å². The van der Waals surface area contributed by atoms with Crippen molar-refractivity contribution >= 4 is 11.6 Å². The van der Waals surface area contributed by atoms with Gasteiger partial charge in [0, 0.05) is 6.54 Å². The summed E-state index contributed by atoms with van der Waals surface area (Å²) in [4.78, 5) is 11.5. The predicted octanol–water partition coefficient (Wildman–Crippen LogP) is 2.53. The summed E-state index contributed by atoms with van der Waals surface area (Å²) in [6.07, 6.45) is -0.465. The number of carbonyl (C=O) groups is 1. The summed E-state index contributed by atoms with van der Waals surface area (Å²) < 4.78 is 5.63. The molecule has 2 aromatic rings. The summed E-state index contributed by atoms with van der Waals surface area (Å²) in [6, 6.07) is 13.9. The molecule has 102 valence electrons. The minimum atomic E-state index is -0.465. The van der Waals surface area contributed by atoms with Gasteiger partial charge in [-0.15, -0.1) is 0 Å². The number of nitrogens with one attached hydrogen (secondary N) is 1. The molecule has 20 heavy (non-hydrogen) atoms. The van der Waals surface area contributed by atoms with E-state index in [1.54, 1.807) is 6.92 Å². The van der Waals surface area contributed by atoms with Gasteiger partial charge in [-0.1, -0.05) is 24.3 Å². The van der Waals surface area contributed by atoms with Crippen molar-refractivity contribution in [3.63, 3.8) is 0 Å². The van der Waals surface area contributed by atoms with Gasteiger partial charge in [0.25, 0.3) is 5.91 Å². The Balaban J connectivity index is 2.00. The SMILES string of the molecule is CC1Oc2cc(-c3cccc(CN)c3)ccc2NC1=O. The molecule has 4 heteroatoms. The first-order valence-electron chi connectivity index (χ1n) is 6.58. The average Bonchev–Trinajstić information content (AvgIpc) is 2.48. The van der Waals surface area contributed by atoms with Crippen molar-refractivity contribution in [3.8, 4) is 16.9 Å². The number of ether oxygens (including phenoxy) is 1. The molecule has 0 aliphatic carbocycles. The molecule has 1 heterocycles. The number of amides is 1. The quantitative estimate of drug-likeness (QED) is 0.879. The van der Waals surface area contributed by atoms with Crippen LogP contribution >= 0.6 is 0 Å². The van der Waals surface area contributed by atoms with Crippen LogP contribution in [0.25, 0.3) is 11.1 Å². The normalized spacial score (nSPS) is 17.1. The third kappa shape index (κ3) is 2.26. The van der Waals surface area contributed by atoms with Crippen LogP contribution in [0.1, 0.15) is 12.5 Å². The van der Waals surface area contributed by atoms with Gasteiger partial charge in [-0.05, 0) is 41.8 Å². The fourth-order valence-electron chi connectivity index (χ4n) is 2.26. The largest absolute Gasteiger partial charge is 0.479 e. The van der Waals surface area contributed by atoms with Gasteiger partial charge in [0.15, 0.2) is 6.10 Å². The summed E-state index contributed by atoms with van der Waals surface area (Å²) in [6.45, 7) is 2.25. The lowest BCUT2D eigenvalue weighted by Gasteiger charge is -2.23. The van der Waals surface area contributed by atoms with E-state index in [9.17, 15) is 4.79 Å². The Morgan fingerprint density at radius 2 is 2.00 bits per heavy atom. The first-order valence-corrected chi connectivity index (χ1v) is 6.58. The lowest BCUT2D eigenvalue weighted by atomic mass is 10.0. The van der Waals surface area contributed by atoms with Gasteiger partial charge in [-0.2, -0.15) is 0 Å². The Morgan fingerprint density at radius 3 is 2.80 bits per heavy atom. The van der Waals surface area contributed by atoms with Gasteiger partial charge < -0.3 is 15.8 Å². The second kappa shape index (κ2) is 4.98. The van der Waals surface area contributed by atoms with Crippen molar-refractivity contribution in [2.24, 2.45) is 5.73 Å². The molecule has 1 aliphatic rings. The number of anilines is 1. The van der Waals surface area contributed by atoms with Crippen LogP contribution in [-0.2, 0) is 11.3 Å². The van der Waals surface area contributed by atoms with E-state index in [0.29, 0.717) is 18.0 Å². The molecule has 1 atom stereocenters. The number of benzene rings is 2. The minimum Gasteiger partial charge on any atom is -0.479 e. The van der Waals surface area contributed by atoms with E-state index in [1.165, 1.54) is 0 Å². The number of hydrogen-bond donors (Lipinski definition) is 2. The second-order valence-electron chi connectivity index (χ2n) is 4.86. The van der Waals surface area contributed by atoms with Crippen LogP contribution in [0.3, 0.4) is 0 Å². The van der Waals surface area contributed by atoms with Gasteiger partial charge >= 0.3 is 0 Å². The molecule has 0 saturated heterocycles. The summed E-state index contributed by atoms with van der Waals surface area (Å²) in [7, 11) is 0. The molecule has 0 aromatic heterocycles. The maximum absolute atomic E-state index is 11.5. The van der Waals surface area contributed by atoms with Gasteiger partial charge in [0.05, 0.1) is 5.69 Å². The Labute approximate surface area is 117 Å². The topological polar surface area (TPSA) is 64.3 Å². The number of fused-ring (bicyclic) bond motifs is 1. The van der Waals surface area contributed by atoms with Gasteiger partial charge in [-0.3, -0.25) is 4.79 Å². The molecular formula is C16H16N2O2. The molecule has 0 bridgehead atoms. The van der Waals surface area contributed by atoms with Crippen LogP contribution in [0.2, 0.25) is 0 Å². The highest BCUT2D eigenvalue weighted by Crippen LogP contribution is 2.34. The standard InChI is InChI=1S/C16H16N2O2/c1-10-16(19)18-14-6-5-13(8-15(14)20-10)12-4-2-3-11(7-12)9-17/h2-8,10H,9,17H2,1H3,(H,18,19). The zero-order chi connectivity index (χ0) is 14.1. The molecule has 2 aromatic carbocycles. The zero-order valence-corrected chi connectivity index (χ0v) is 11.2. The number of carbonyl (C=O) groups excluding carboxylic acids is 1. The fraction of sp³-hybridized carbons (Fsp3) is 0.188. The number of rotatable bonds is 2. The molecule has 1 unspecified atom stereocenters. The Bertz CT molecular complexity index is 667. The predicted molar refractivity (Wildman–Crippen MR) is 78.5 cm³/mol. The molecular weight excluding hydrogens is 252 g/mol. The molecule has 0 spiro atoms. The highest BCUT2D eigenvalue weighted by molar-refractivity contribution is 5.97. The second-order valence-corrected chi connectivity index (χ2v) is 4.86. The molecule has 3 N–H and O–H groups in total. The van der Waals surface area contributed by atoms with Crippen LogP contribution in [0.4, 0.5) is 5.69 Å². The molecule has 1 amide bonds. The van der Waals surface area contributed by atoms with Crippen molar-refractivity contribution in [2.75, 3.05) is 5.32 Å². The van der Waals surface area contributed by atoms with Gasteiger partial charge in [0.1, 0.15) is 5.75 Å². The molecule has 0 radical (unpaired) electrons. The number of nitrogens with two attached hydrogens (primary N) is 1. The molecule has 3 rings (SSSR count). The van der Waals surface area contributed by atoms with Crippen LogP contribution in [0.15, 0.2) is 42.5 Å². The van der Waals surface area contributed by atoms with Crippen LogP contribution < -0.4 is 15.8 Å². The van der Waals surface area contributed by atoms with Crippen molar-refractivity contribution < 1.29 is 9.53 Å². The average molecular weight is 268 g/mol. The van der Waals surface area contributed by atoms with Gasteiger partial charge in [0.2, 0.25) is 0 Å². The van der Waals surface area contributed by atoms with E-state index in [2.05, 4.69) is 11.4 Å². The zero-order valence-electron chi connectivity index (χ0n) is 11.2. The Kier molecular flexibility index (Phi) is 3.16. The Hall–Kier alpha value is -2.33. The summed E-state index contributed by atoms with van der Waals surface area (Å²) >= 11 is 0. The number of hydrogen-bond acceptors (Lipinski definition) is 3. The minimum absolute atomic E-state index is 0.115. The molecule has 1 aliphatic heterocycles. The molecule has 0 saturated carbocycles. The van der Waals surface area contributed by atoms with E-state index in [0.717, 1.165) is 16.7 Å². The van der Waals surface area contributed by atoms with E-state index >= 15 is 0 Å². The summed E-state index contributed by atoms with van der Waals surface area (Å²) in [5, 5.41) is 2.83. The third-order valence-corrected chi connectivity index (χ3v) is 3.41. The lowest BCUT2D eigenvalue weighted by Crippen LogP contribution is -2.34. The van der Waals surface area contributed by atoms with Gasteiger partial charge in [-0.25, -0.2) is 0 Å². The highest BCUT2D eigenvalue weighted by atomic mass is 16.5. The van der Waals surface area contributed by atoms with E-state index in [-0.39, 0.29) is 5.91 Å². The highest BCUT2D eigenvalue weighted by Gasteiger charge is 2.23. The smallest absolute Gasteiger partial charge is 0.265 e. The van der Waals surface area contributed by atoms with E-state index < -0.39 is 6.10 Å². The van der Waals surface area contributed by atoms with Crippen molar-refractivity contribution in [3.05, 3.63) is 48.0 Å². The summed E-state index contributed by atoms with van der Waals surface area (Å²) in [5.74, 6) is 0.586. The van der Waals surface area contributed by atoms with Crippen LogP contribution in [0, 0.1) is 0 Å².